The molecule has 2 aliphatic heterocycles. The van der Waals surface area contributed by atoms with Crippen LogP contribution >= 0.6 is 11.3 Å². The van der Waals surface area contributed by atoms with Gasteiger partial charge in [0.25, 0.3) is 0 Å². The van der Waals surface area contributed by atoms with Gasteiger partial charge in [0.1, 0.15) is 0 Å². The van der Waals surface area contributed by atoms with Gasteiger partial charge < -0.3 is 9.80 Å². The number of nitrogens with zero attached hydrogens (tertiary/aromatic N) is 2. The van der Waals surface area contributed by atoms with E-state index in [-0.39, 0.29) is 45.1 Å². The van der Waals surface area contributed by atoms with Crippen LogP contribution in [0.1, 0.15) is 174 Å². The zero-order chi connectivity index (χ0) is 54.6. The first-order valence-electron chi connectivity index (χ1n) is 29.3. The van der Waals surface area contributed by atoms with Gasteiger partial charge in [0.15, 0.2) is 0 Å². The van der Waals surface area contributed by atoms with Gasteiger partial charge >= 0.3 is 0 Å². The molecule has 8 aromatic carbocycles. The minimum atomic E-state index is -0.0484. The van der Waals surface area contributed by atoms with Gasteiger partial charge in [-0.15, -0.1) is 11.3 Å². The maximum absolute atomic E-state index is 2.78. The summed E-state index contributed by atoms with van der Waals surface area (Å²) in [5, 5.41) is 2.66. The summed E-state index contributed by atoms with van der Waals surface area (Å²) >= 11 is 1.97. The van der Waals surface area contributed by atoms with Crippen molar-refractivity contribution in [2.24, 2.45) is 5.41 Å². The Morgan fingerprint density at radius 1 is 0.526 bits per heavy atom. The third-order valence-corrected chi connectivity index (χ3v) is 20.8. The highest BCUT2D eigenvalue weighted by molar-refractivity contribution is 7.26. The van der Waals surface area contributed by atoms with E-state index in [1.54, 1.807) is 11.1 Å². The molecule has 0 bridgehead atoms. The van der Waals surface area contributed by atoms with E-state index >= 15 is 0 Å². The molecular weight excluding hydrogens is 960 g/mol. The Bertz CT molecular complexity index is 3800. The van der Waals surface area contributed by atoms with Gasteiger partial charge in [-0.1, -0.05) is 218 Å². The van der Waals surface area contributed by atoms with Gasteiger partial charge in [-0.05, 0) is 162 Å². The Morgan fingerprint density at radius 3 is 1.77 bits per heavy atom. The number of rotatable bonds is 5. The molecular formula is C74H79BN2S. The highest BCUT2D eigenvalue weighted by Crippen LogP contribution is 2.63. The van der Waals surface area contributed by atoms with Crippen LogP contribution in [0.2, 0.25) is 0 Å². The summed E-state index contributed by atoms with van der Waals surface area (Å²) in [6.07, 6.45) is 6.21. The van der Waals surface area contributed by atoms with Crippen molar-refractivity contribution in [3.8, 4) is 11.1 Å². The van der Waals surface area contributed by atoms with Crippen molar-refractivity contribution in [1.82, 2.24) is 0 Å². The van der Waals surface area contributed by atoms with E-state index < -0.39 is 0 Å². The first kappa shape index (κ1) is 51.1. The van der Waals surface area contributed by atoms with Crippen LogP contribution in [0.4, 0.5) is 34.1 Å². The molecule has 0 spiro atoms. The molecule has 4 aliphatic rings. The van der Waals surface area contributed by atoms with Crippen LogP contribution in [-0.4, -0.2) is 6.71 Å². The Labute approximate surface area is 471 Å². The number of fused-ring (bicyclic) bond motifs is 10. The molecule has 0 radical (unpaired) electrons. The Kier molecular flexibility index (Phi) is 11.5. The number of thiophene rings is 1. The lowest BCUT2D eigenvalue weighted by Crippen LogP contribution is -2.64. The van der Waals surface area contributed by atoms with Crippen molar-refractivity contribution >= 4 is 88.7 Å². The largest absolute Gasteiger partial charge is 0.310 e. The van der Waals surface area contributed by atoms with Gasteiger partial charge in [-0.2, -0.15) is 0 Å². The molecule has 0 saturated heterocycles. The highest BCUT2D eigenvalue weighted by Gasteiger charge is 2.57. The number of anilines is 6. The Morgan fingerprint density at radius 2 is 1.13 bits per heavy atom. The first-order chi connectivity index (χ1) is 36.9. The molecule has 2 aliphatic carbocycles. The summed E-state index contributed by atoms with van der Waals surface area (Å²) in [5.41, 5.74) is 24.7. The molecule has 1 aromatic heterocycles. The Balaban J connectivity index is 1.20. The zero-order valence-electron chi connectivity index (χ0n) is 49.0. The summed E-state index contributed by atoms with van der Waals surface area (Å²) in [6, 6.07) is 62.6. The molecule has 9 aromatic rings. The lowest BCUT2D eigenvalue weighted by Gasteiger charge is -2.59. The van der Waals surface area contributed by atoms with E-state index in [1.165, 1.54) is 135 Å². The topological polar surface area (TPSA) is 6.48 Å². The van der Waals surface area contributed by atoms with Crippen molar-refractivity contribution in [3.63, 3.8) is 0 Å². The first-order valence-corrected chi connectivity index (χ1v) is 30.1. The minimum absolute atomic E-state index is 0.0240. The van der Waals surface area contributed by atoms with Crippen molar-refractivity contribution in [3.05, 3.63) is 197 Å². The molecule has 0 amide bonds. The van der Waals surface area contributed by atoms with Gasteiger partial charge in [0.2, 0.25) is 6.71 Å². The predicted molar refractivity (Wildman–Crippen MR) is 340 cm³/mol. The fourth-order valence-electron chi connectivity index (χ4n) is 14.7. The normalized spacial score (nSPS) is 19.8. The van der Waals surface area contributed by atoms with Crippen LogP contribution in [0.5, 0.6) is 0 Å². The van der Waals surface area contributed by atoms with E-state index in [1.807, 2.05) is 11.3 Å². The number of hydrogen-bond acceptors (Lipinski definition) is 3. The maximum atomic E-state index is 2.78. The van der Waals surface area contributed by atoms with Gasteiger partial charge in [-0.3, -0.25) is 0 Å². The monoisotopic (exact) mass is 1040 g/mol. The second-order valence-corrected chi connectivity index (χ2v) is 29.7. The van der Waals surface area contributed by atoms with Crippen molar-refractivity contribution < 1.29 is 0 Å². The SMILES string of the molecule is CC(C)(C)c1ccc(N(c2ccc(C(C)(C)C)cc2)c2cc3c4c(c2)N(c2ccc(C(C)(C)C)cc2-c2ccccc2)c2c(ccc5c2sc2ccccc25)B4c2cc(C(C)(C)C)cc4c2C3CC2(C)CCCCC42C)cc1. The van der Waals surface area contributed by atoms with Crippen LogP contribution in [0.25, 0.3) is 31.3 Å². The molecule has 0 N–H and O–H groups in total. The molecule has 3 unspecified atom stereocenters. The van der Waals surface area contributed by atoms with E-state index in [2.05, 4.69) is 264 Å². The Hall–Kier alpha value is -6.36. The van der Waals surface area contributed by atoms with Gasteiger partial charge in [0.05, 0.1) is 16.1 Å². The fourth-order valence-corrected chi connectivity index (χ4v) is 16.0. The molecule has 78 heavy (non-hydrogen) atoms. The molecule has 3 atom stereocenters. The molecule has 3 heterocycles. The third kappa shape index (κ3) is 7.91. The second kappa shape index (κ2) is 17.6. The van der Waals surface area contributed by atoms with Crippen molar-refractivity contribution in [2.45, 2.75) is 162 Å². The summed E-state index contributed by atoms with van der Waals surface area (Å²) < 4.78 is 2.68. The van der Waals surface area contributed by atoms with Crippen molar-refractivity contribution in [1.29, 1.82) is 0 Å². The van der Waals surface area contributed by atoms with Crippen LogP contribution in [0.15, 0.2) is 158 Å². The second-order valence-electron chi connectivity index (χ2n) is 28.6. The summed E-state index contributed by atoms with van der Waals surface area (Å²) in [4.78, 5) is 5.37. The molecule has 1 fully saturated rings. The van der Waals surface area contributed by atoms with Gasteiger partial charge in [0, 0.05) is 49.7 Å². The quantitative estimate of drug-likeness (QED) is 0.159. The van der Waals surface area contributed by atoms with Crippen LogP contribution in [0.3, 0.4) is 0 Å². The maximum Gasteiger partial charge on any atom is 0.247 e. The molecule has 1 saturated carbocycles. The summed E-state index contributed by atoms with van der Waals surface area (Å²) in [5.74, 6) is 0.229. The summed E-state index contributed by atoms with van der Waals surface area (Å²) in [7, 11) is 0. The standard InChI is InChI=1S/C74H79BN2S/c1-69(2,3)47-26-31-51(32-27-47)76(52-33-28-48(29-34-52)70(4,5)6)53-43-57-58-45-73(13)38-20-21-39-74(73,14)59-41-50(72(10,11)12)42-61(65(58)59)75-60-36-35-55-54-24-18-19-25-64(54)78-68(55)67(60)77(63(44-53)66(57)75)62-37-30-49(71(7,8)9)40-56(62)46-22-16-15-17-23-46/h15-19,22-37,40-44,58H,20-21,38-39,45H2,1-14H3. The smallest absolute Gasteiger partial charge is 0.247 e. The predicted octanol–water partition coefficient (Wildman–Crippen LogP) is 19.4. The number of benzene rings is 8. The lowest BCUT2D eigenvalue weighted by molar-refractivity contribution is 0.0602. The third-order valence-electron chi connectivity index (χ3n) is 19.6. The van der Waals surface area contributed by atoms with E-state index in [9.17, 15) is 0 Å². The lowest BCUT2D eigenvalue weighted by atomic mass is 9.29. The molecule has 2 nitrogen and oxygen atoms in total. The zero-order valence-corrected chi connectivity index (χ0v) is 49.8. The molecule has 394 valence electrons. The minimum Gasteiger partial charge on any atom is -0.310 e. The van der Waals surface area contributed by atoms with Gasteiger partial charge in [-0.25, -0.2) is 0 Å². The van der Waals surface area contributed by atoms with E-state index in [4.69, 9.17) is 0 Å². The molecule has 4 heteroatoms. The molecule has 13 rings (SSSR count). The fraction of sp³-hybridized carbons (Fsp3) is 0.351. The average Bonchev–Trinajstić information content (AvgIpc) is 2.14. The summed E-state index contributed by atoms with van der Waals surface area (Å²) in [6.45, 7) is 33.7. The van der Waals surface area contributed by atoms with Crippen molar-refractivity contribution in [2.75, 3.05) is 9.80 Å². The number of hydrogen-bond donors (Lipinski definition) is 0. The highest BCUT2D eigenvalue weighted by atomic mass is 32.1. The van der Waals surface area contributed by atoms with Crippen LogP contribution in [-0.2, 0) is 27.1 Å². The van der Waals surface area contributed by atoms with E-state index in [0.717, 1.165) is 6.42 Å². The van der Waals surface area contributed by atoms with E-state index in [0.29, 0.717) is 0 Å². The average molecular weight is 1040 g/mol. The van der Waals surface area contributed by atoms with Crippen LogP contribution in [0, 0.1) is 5.41 Å². The van der Waals surface area contributed by atoms with Crippen LogP contribution < -0.4 is 26.2 Å².